The van der Waals surface area contributed by atoms with E-state index < -0.39 is 0 Å². The van der Waals surface area contributed by atoms with Gasteiger partial charge in [0.15, 0.2) is 17.2 Å². The highest BCUT2D eigenvalue weighted by molar-refractivity contribution is 7.09. The summed E-state index contributed by atoms with van der Waals surface area (Å²) in [6.45, 7) is 0. The Hall–Kier alpha value is -2.80. The molecule has 0 fully saturated rings. The van der Waals surface area contributed by atoms with Gasteiger partial charge in [-0.25, -0.2) is 4.98 Å². The van der Waals surface area contributed by atoms with E-state index >= 15 is 0 Å². The number of fused-ring (bicyclic) bond motifs is 2. The van der Waals surface area contributed by atoms with E-state index in [0.29, 0.717) is 22.9 Å². The van der Waals surface area contributed by atoms with E-state index in [1.807, 2.05) is 29.0 Å². The van der Waals surface area contributed by atoms with Crippen LogP contribution in [0.5, 0.6) is 11.5 Å². The average molecular weight is 327 g/mol. The molecule has 116 valence electrons. The van der Waals surface area contributed by atoms with E-state index in [1.165, 1.54) is 11.3 Å². The monoisotopic (exact) mass is 327 g/mol. The lowest BCUT2D eigenvalue weighted by Gasteiger charge is -2.06. The van der Waals surface area contributed by atoms with Gasteiger partial charge in [0.05, 0.1) is 30.9 Å². The molecule has 0 aliphatic rings. The summed E-state index contributed by atoms with van der Waals surface area (Å²) in [6, 6.07) is 5.59. The molecule has 0 amide bonds. The quantitative estimate of drug-likeness (QED) is 0.606. The zero-order valence-corrected chi connectivity index (χ0v) is 13.3. The van der Waals surface area contributed by atoms with Crippen LogP contribution in [0.4, 0.5) is 0 Å². The van der Waals surface area contributed by atoms with Crippen molar-refractivity contribution in [3.63, 3.8) is 0 Å². The predicted octanol–water partition coefficient (Wildman–Crippen LogP) is 3.15. The number of nitrogens with zero attached hydrogens (tertiary/aromatic N) is 1. The summed E-state index contributed by atoms with van der Waals surface area (Å²) in [7, 11) is 3.18. The van der Waals surface area contributed by atoms with Crippen molar-refractivity contribution < 1.29 is 9.47 Å². The highest BCUT2D eigenvalue weighted by atomic mass is 32.1. The number of rotatable bonds is 3. The number of H-pyrrole nitrogens is 2. The van der Waals surface area contributed by atoms with Crippen LogP contribution in [0.25, 0.3) is 33.3 Å². The van der Waals surface area contributed by atoms with Crippen LogP contribution in [0.15, 0.2) is 33.8 Å². The summed E-state index contributed by atoms with van der Waals surface area (Å²) < 4.78 is 10.6. The number of aromatic amines is 2. The van der Waals surface area contributed by atoms with Gasteiger partial charge in [-0.05, 0) is 12.1 Å². The Morgan fingerprint density at radius 2 is 1.78 bits per heavy atom. The minimum atomic E-state index is -0.221. The molecule has 0 unspecified atom stereocenters. The van der Waals surface area contributed by atoms with Crippen molar-refractivity contribution in [3.8, 4) is 22.9 Å². The minimum Gasteiger partial charge on any atom is -0.493 e. The third kappa shape index (κ3) is 2.17. The number of hydrogen-bond acceptors (Lipinski definition) is 5. The summed E-state index contributed by atoms with van der Waals surface area (Å²) >= 11 is 1.50. The summed E-state index contributed by atoms with van der Waals surface area (Å²) in [5, 5.41) is 4.70. The lowest BCUT2D eigenvalue weighted by molar-refractivity contribution is 0.356. The summed E-state index contributed by atoms with van der Waals surface area (Å²) in [5.74, 6) is 1.27. The SMILES string of the molecule is COc1cc2cc(-c3nc4cscc4[nH]c3=O)[nH]c2cc1OC. The van der Waals surface area contributed by atoms with Gasteiger partial charge in [0.1, 0.15) is 0 Å². The molecule has 0 radical (unpaired) electrons. The topological polar surface area (TPSA) is 80.0 Å². The van der Waals surface area contributed by atoms with Gasteiger partial charge in [-0.2, -0.15) is 0 Å². The predicted molar refractivity (Wildman–Crippen MR) is 90.6 cm³/mol. The maximum atomic E-state index is 12.3. The van der Waals surface area contributed by atoms with E-state index in [2.05, 4.69) is 15.0 Å². The van der Waals surface area contributed by atoms with Crippen LogP contribution in [-0.4, -0.2) is 29.2 Å². The second kappa shape index (κ2) is 5.13. The van der Waals surface area contributed by atoms with Crippen LogP contribution in [-0.2, 0) is 0 Å². The van der Waals surface area contributed by atoms with Crippen molar-refractivity contribution in [2.45, 2.75) is 0 Å². The Balaban J connectivity index is 1.93. The Morgan fingerprint density at radius 1 is 1.00 bits per heavy atom. The Morgan fingerprint density at radius 3 is 2.57 bits per heavy atom. The Kier molecular flexibility index (Phi) is 3.09. The van der Waals surface area contributed by atoms with Gasteiger partial charge in [-0.3, -0.25) is 4.79 Å². The zero-order chi connectivity index (χ0) is 16.0. The molecule has 0 saturated carbocycles. The van der Waals surface area contributed by atoms with Gasteiger partial charge in [-0.15, -0.1) is 11.3 Å². The Bertz CT molecular complexity index is 1040. The fourth-order valence-electron chi connectivity index (χ4n) is 2.59. The van der Waals surface area contributed by atoms with E-state index in [4.69, 9.17) is 9.47 Å². The number of hydrogen-bond donors (Lipinski definition) is 2. The van der Waals surface area contributed by atoms with Gasteiger partial charge >= 0.3 is 0 Å². The smallest absolute Gasteiger partial charge is 0.276 e. The van der Waals surface area contributed by atoms with Gasteiger partial charge in [0, 0.05) is 27.7 Å². The largest absolute Gasteiger partial charge is 0.493 e. The third-order valence-corrected chi connectivity index (χ3v) is 4.45. The molecule has 0 bridgehead atoms. The first-order valence-electron chi connectivity index (χ1n) is 6.91. The molecule has 0 saturated heterocycles. The van der Waals surface area contributed by atoms with Crippen LogP contribution < -0.4 is 15.0 Å². The first-order valence-corrected chi connectivity index (χ1v) is 7.85. The van der Waals surface area contributed by atoms with Crippen LogP contribution in [0.3, 0.4) is 0 Å². The van der Waals surface area contributed by atoms with Gasteiger partial charge in [-0.1, -0.05) is 0 Å². The Labute approximate surface area is 134 Å². The summed E-state index contributed by atoms with van der Waals surface area (Å²) in [5.41, 5.74) is 3.18. The second-order valence-corrected chi connectivity index (χ2v) is 5.81. The molecule has 3 aromatic heterocycles. The molecular formula is C16H13N3O3S. The molecule has 0 aliphatic carbocycles. The molecule has 1 aromatic carbocycles. The normalized spacial score (nSPS) is 11.2. The number of methoxy groups -OCH3 is 2. The van der Waals surface area contributed by atoms with Crippen molar-refractivity contribution in [1.29, 1.82) is 0 Å². The highest BCUT2D eigenvalue weighted by Crippen LogP contribution is 2.33. The van der Waals surface area contributed by atoms with Crippen molar-refractivity contribution in [1.82, 2.24) is 15.0 Å². The van der Waals surface area contributed by atoms with Crippen LogP contribution in [0.1, 0.15) is 0 Å². The van der Waals surface area contributed by atoms with Gasteiger partial charge in [0.25, 0.3) is 5.56 Å². The third-order valence-electron chi connectivity index (χ3n) is 3.72. The van der Waals surface area contributed by atoms with Crippen LogP contribution in [0.2, 0.25) is 0 Å². The van der Waals surface area contributed by atoms with Gasteiger partial charge in [0.2, 0.25) is 0 Å². The molecule has 0 atom stereocenters. The second-order valence-electron chi connectivity index (χ2n) is 5.06. The first-order chi connectivity index (χ1) is 11.2. The van der Waals surface area contributed by atoms with Crippen molar-refractivity contribution in [3.05, 3.63) is 39.3 Å². The number of nitrogens with one attached hydrogen (secondary N) is 2. The molecular weight excluding hydrogens is 314 g/mol. The standard InChI is InChI=1S/C16H13N3O3S/c1-21-13-4-8-3-10(17-9(8)5-14(13)22-2)15-16(20)19-12-7-23-6-11(12)18-15/h3-7,17H,1-2H3,(H,19,20). The highest BCUT2D eigenvalue weighted by Gasteiger charge is 2.13. The lowest BCUT2D eigenvalue weighted by atomic mass is 10.2. The molecule has 23 heavy (non-hydrogen) atoms. The number of aromatic nitrogens is 3. The molecule has 6 nitrogen and oxygen atoms in total. The summed E-state index contributed by atoms with van der Waals surface area (Å²) in [6.07, 6.45) is 0. The van der Waals surface area contributed by atoms with E-state index in [1.54, 1.807) is 14.2 Å². The van der Waals surface area contributed by atoms with E-state index in [0.717, 1.165) is 21.9 Å². The number of thiophene rings is 1. The van der Waals surface area contributed by atoms with E-state index in [-0.39, 0.29) is 5.56 Å². The maximum Gasteiger partial charge on any atom is 0.276 e. The molecule has 4 rings (SSSR count). The first kappa shape index (κ1) is 13.8. The van der Waals surface area contributed by atoms with Crippen molar-refractivity contribution in [2.75, 3.05) is 14.2 Å². The minimum absolute atomic E-state index is 0.221. The zero-order valence-electron chi connectivity index (χ0n) is 12.5. The van der Waals surface area contributed by atoms with E-state index in [9.17, 15) is 4.79 Å². The maximum absolute atomic E-state index is 12.3. The lowest BCUT2D eigenvalue weighted by Crippen LogP contribution is -2.10. The number of benzene rings is 1. The van der Waals surface area contributed by atoms with Crippen molar-refractivity contribution >= 4 is 33.3 Å². The van der Waals surface area contributed by atoms with Gasteiger partial charge < -0.3 is 19.4 Å². The molecule has 0 aliphatic heterocycles. The van der Waals surface area contributed by atoms with Crippen molar-refractivity contribution in [2.24, 2.45) is 0 Å². The molecule has 7 heteroatoms. The fraction of sp³-hybridized carbons (Fsp3) is 0.125. The fourth-order valence-corrected chi connectivity index (χ4v) is 3.28. The van der Waals surface area contributed by atoms with Crippen LogP contribution >= 0.6 is 11.3 Å². The molecule has 2 N–H and O–H groups in total. The summed E-state index contributed by atoms with van der Waals surface area (Å²) in [4.78, 5) is 22.8. The number of ether oxygens (including phenoxy) is 2. The molecule has 4 aromatic rings. The molecule has 0 spiro atoms. The molecule has 3 heterocycles. The van der Waals surface area contributed by atoms with Crippen LogP contribution in [0, 0.1) is 0 Å². The average Bonchev–Trinajstić information content (AvgIpc) is 3.17.